The van der Waals surface area contributed by atoms with Crippen LogP contribution in [0.15, 0.2) is 4.52 Å². The van der Waals surface area contributed by atoms with Crippen molar-refractivity contribution in [3.63, 3.8) is 0 Å². The minimum atomic E-state index is -0.917. The molecule has 1 amide bonds. The van der Waals surface area contributed by atoms with E-state index in [9.17, 15) is 14.7 Å². The minimum Gasteiger partial charge on any atom is -0.480 e. The first-order valence-electron chi connectivity index (χ1n) is 7.57. The Labute approximate surface area is 124 Å². The molecule has 0 aliphatic carbocycles. The number of carboxylic acid groups (broad SMARTS) is 1. The van der Waals surface area contributed by atoms with Crippen LogP contribution in [0.1, 0.15) is 50.1 Å². The standard InChI is InChI=1S/C15H22N2O4/c1-3-11-10(13(4-2)21-16-11)9-14(18)17-8-6-5-7-12(17)15(19)20/h12H,3-9H2,1-2H3,(H,19,20). The van der Waals surface area contributed by atoms with Crippen LogP contribution in [0.25, 0.3) is 0 Å². The third-order valence-corrected chi connectivity index (χ3v) is 4.04. The van der Waals surface area contributed by atoms with Gasteiger partial charge in [0.05, 0.1) is 12.1 Å². The van der Waals surface area contributed by atoms with Crippen molar-refractivity contribution in [1.82, 2.24) is 10.1 Å². The van der Waals surface area contributed by atoms with Crippen LogP contribution in [0.2, 0.25) is 0 Å². The topological polar surface area (TPSA) is 83.6 Å². The molecule has 1 aliphatic rings. The van der Waals surface area contributed by atoms with Gasteiger partial charge in [-0.15, -0.1) is 0 Å². The number of likely N-dealkylation sites (tertiary alicyclic amines) is 1. The first kappa shape index (κ1) is 15.5. The second-order valence-electron chi connectivity index (χ2n) is 5.35. The van der Waals surface area contributed by atoms with Gasteiger partial charge >= 0.3 is 5.97 Å². The highest BCUT2D eigenvalue weighted by Crippen LogP contribution is 2.21. The predicted molar refractivity (Wildman–Crippen MR) is 76.0 cm³/mol. The van der Waals surface area contributed by atoms with E-state index in [-0.39, 0.29) is 12.3 Å². The van der Waals surface area contributed by atoms with Gasteiger partial charge in [-0.05, 0) is 25.7 Å². The number of carbonyl (C=O) groups excluding carboxylic acids is 1. The zero-order chi connectivity index (χ0) is 15.4. The molecule has 6 heteroatoms. The Bertz CT molecular complexity index is 502. The van der Waals surface area contributed by atoms with Crippen LogP contribution in [-0.2, 0) is 28.9 Å². The Kier molecular flexibility index (Phi) is 4.98. The maximum Gasteiger partial charge on any atom is 0.326 e. The molecule has 0 saturated carbocycles. The summed E-state index contributed by atoms with van der Waals surface area (Å²) in [5.74, 6) is -0.335. The highest BCUT2D eigenvalue weighted by atomic mass is 16.5. The van der Waals surface area contributed by atoms with Crippen molar-refractivity contribution in [2.45, 2.75) is 58.4 Å². The number of amides is 1. The SMILES string of the molecule is CCc1noc(CC)c1CC(=O)N1CCCCC1C(=O)O. The van der Waals surface area contributed by atoms with Crippen LogP contribution in [0.3, 0.4) is 0 Å². The third kappa shape index (κ3) is 3.25. The average Bonchev–Trinajstić information content (AvgIpc) is 2.88. The van der Waals surface area contributed by atoms with Gasteiger partial charge in [0.1, 0.15) is 11.8 Å². The molecular formula is C15H22N2O4. The molecule has 0 spiro atoms. The lowest BCUT2D eigenvalue weighted by atomic mass is 10.00. The van der Waals surface area contributed by atoms with Crippen LogP contribution in [-0.4, -0.2) is 39.6 Å². The van der Waals surface area contributed by atoms with Crippen LogP contribution in [0, 0.1) is 0 Å². The van der Waals surface area contributed by atoms with Gasteiger partial charge in [-0.3, -0.25) is 4.79 Å². The number of aryl methyl sites for hydroxylation is 2. The summed E-state index contributed by atoms with van der Waals surface area (Å²) in [5.41, 5.74) is 1.63. The van der Waals surface area contributed by atoms with Crippen molar-refractivity contribution >= 4 is 11.9 Å². The molecule has 0 bridgehead atoms. The summed E-state index contributed by atoms with van der Waals surface area (Å²) >= 11 is 0. The van der Waals surface area contributed by atoms with Gasteiger partial charge in [0.15, 0.2) is 0 Å². The Balaban J connectivity index is 2.16. The molecule has 1 fully saturated rings. The van der Waals surface area contributed by atoms with Gasteiger partial charge in [0.2, 0.25) is 5.91 Å². The molecule has 6 nitrogen and oxygen atoms in total. The number of piperidine rings is 1. The van der Waals surface area contributed by atoms with E-state index in [0.29, 0.717) is 25.8 Å². The number of carbonyl (C=O) groups is 2. The molecule has 1 unspecified atom stereocenters. The highest BCUT2D eigenvalue weighted by Gasteiger charge is 2.32. The van der Waals surface area contributed by atoms with Gasteiger partial charge in [0.25, 0.3) is 0 Å². The smallest absolute Gasteiger partial charge is 0.326 e. The molecule has 1 N–H and O–H groups in total. The summed E-state index contributed by atoms with van der Waals surface area (Å²) in [6.45, 7) is 4.44. The largest absolute Gasteiger partial charge is 0.480 e. The van der Waals surface area contributed by atoms with E-state index in [1.165, 1.54) is 4.90 Å². The van der Waals surface area contributed by atoms with E-state index in [0.717, 1.165) is 29.9 Å². The lowest BCUT2D eigenvalue weighted by Gasteiger charge is -2.33. The summed E-state index contributed by atoms with van der Waals surface area (Å²) in [6.07, 6.45) is 3.81. The summed E-state index contributed by atoms with van der Waals surface area (Å²) < 4.78 is 5.26. The van der Waals surface area contributed by atoms with E-state index in [1.807, 2.05) is 13.8 Å². The number of hydrogen-bond acceptors (Lipinski definition) is 4. The second kappa shape index (κ2) is 6.74. The molecular weight excluding hydrogens is 272 g/mol. The van der Waals surface area contributed by atoms with Crippen molar-refractivity contribution in [2.24, 2.45) is 0 Å². The van der Waals surface area contributed by atoms with E-state index in [2.05, 4.69) is 5.16 Å². The van der Waals surface area contributed by atoms with Gasteiger partial charge < -0.3 is 14.5 Å². The van der Waals surface area contributed by atoms with Crippen LogP contribution in [0.5, 0.6) is 0 Å². The zero-order valence-corrected chi connectivity index (χ0v) is 12.6. The highest BCUT2D eigenvalue weighted by molar-refractivity contribution is 5.85. The van der Waals surface area contributed by atoms with Gasteiger partial charge in [-0.2, -0.15) is 0 Å². The van der Waals surface area contributed by atoms with E-state index in [4.69, 9.17) is 4.52 Å². The first-order chi connectivity index (χ1) is 10.1. The number of rotatable bonds is 5. The Morgan fingerprint density at radius 3 is 2.71 bits per heavy atom. The molecule has 1 aromatic rings. The Morgan fingerprint density at radius 1 is 1.33 bits per heavy atom. The lowest BCUT2D eigenvalue weighted by Crippen LogP contribution is -2.48. The summed E-state index contributed by atoms with van der Waals surface area (Å²) in [4.78, 5) is 25.3. The maximum atomic E-state index is 12.5. The number of aliphatic carboxylic acids is 1. The molecule has 21 heavy (non-hydrogen) atoms. The van der Waals surface area contributed by atoms with Crippen molar-refractivity contribution in [3.05, 3.63) is 17.0 Å². The molecule has 1 aromatic heterocycles. The van der Waals surface area contributed by atoms with E-state index < -0.39 is 12.0 Å². The van der Waals surface area contributed by atoms with Crippen LogP contribution in [0.4, 0.5) is 0 Å². The molecule has 1 saturated heterocycles. The average molecular weight is 294 g/mol. The number of nitrogens with zero attached hydrogens (tertiary/aromatic N) is 2. The summed E-state index contributed by atoms with van der Waals surface area (Å²) in [5, 5.41) is 13.3. The fourth-order valence-electron chi connectivity index (χ4n) is 2.88. The molecule has 116 valence electrons. The fraction of sp³-hybridized carbons (Fsp3) is 0.667. The third-order valence-electron chi connectivity index (χ3n) is 4.04. The van der Waals surface area contributed by atoms with Crippen molar-refractivity contribution in [2.75, 3.05) is 6.54 Å². The Hall–Kier alpha value is -1.85. The molecule has 1 atom stereocenters. The summed E-state index contributed by atoms with van der Waals surface area (Å²) in [6, 6.07) is -0.693. The lowest BCUT2D eigenvalue weighted by molar-refractivity contribution is -0.151. The molecule has 0 aromatic carbocycles. The predicted octanol–water partition coefficient (Wildman–Crippen LogP) is 1.81. The molecule has 2 heterocycles. The molecule has 2 rings (SSSR count). The number of hydrogen-bond donors (Lipinski definition) is 1. The monoisotopic (exact) mass is 294 g/mol. The maximum absolute atomic E-state index is 12.5. The van der Waals surface area contributed by atoms with Crippen molar-refractivity contribution in [1.29, 1.82) is 0 Å². The quantitative estimate of drug-likeness (QED) is 0.895. The van der Waals surface area contributed by atoms with E-state index >= 15 is 0 Å². The first-order valence-corrected chi connectivity index (χ1v) is 7.57. The number of aromatic nitrogens is 1. The van der Waals surface area contributed by atoms with E-state index in [1.54, 1.807) is 0 Å². The zero-order valence-electron chi connectivity index (χ0n) is 12.6. The van der Waals surface area contributed by atoms with Crippen molar-refractivity contribution < 1.29 is 19.2 Å². The van der Waals surface area contributed by atoms with Crippen molar-refractivity contribution in [3.8, 4) is 0 Å². The summed E-state index contributed by atoms with van der Waals surface area (Å²) in [7, 11) is 0. The molecule has 1 aliphatic heterocycles. The molecule has 0 radical (unpaired) electrons. The van der Waals surface area contributed by atoms with Gasteiger partial charge in [0, 0.05) is 18.5 Å². The van der Waals surface area contributed by atoms with Crippen LogP contribution < -0.4 is 0 Å². The van der Waals surface area contributed by atoms with Gasteiger partial charge in [-0.1, -0.05) is 19.0 Å². The second-order valence-corrected chi connectivity index (χ2v) is 5.35. The normalized spacial score (nSPS) is 18.8. The Morgan fingerprint density at radius 2 is 2.10 bits per heavy atom. The number of carboxylic acids is 1. The van der Waals surface area contributed by atoms with Gasteiger partial charge in [-0.25, -0.2) is 4.79 Å². The fourth-order valence-corrected chi connectivity index (χ4v) is 2.88. The van der Waals surface area contributed by atoms with Crippen LogP contribution >= 0.6 is 0 Å². The minimum absolute atomic E-state index is 0.144.